The van der Waals surface area contributed by atoms with Gasteiger partial charge >= 0.3 is 0 Å². The summed E-state index contributed by atoms with van der Waals surface area (Å²) in [6.07, 6.45) is 14.1. The normalized spacial score (nSPS) is 13.9. The van der Waals surface area contributed by atoms with Gasteiger partial charge in [-0.3, -0.25) is 4.79 Å². The molecule has 0 aliphatic heterocycles. The summed E-state index contributed by atoms with van der Waals surface area (Å²) in [5.41, 5.74) is 0. The van der Waals surface area contributed by atoms with Crippen molar-refractivity contribution in [2.45, 2.75) is 116 Å². The summed E-state index contributed by atoms with van der Waals surface area (Å²) in [4.78, 5) is 11.9. The summed E-state index contributed by atoms with van der Waals surface area (Å²) in [5.74, 6) is -0.162. The van der Waals surface area contributed by atoms with E-state index < -0.39 is 12.2 Å². The fourth-order valence-electron chi connectivity index (χ4n) is 2.74. The van der Waals surface area contributed by atoms with Crippen LogP contribution in [0.4, 0.5) is 0 Å². The Kier molecular flexibility index (Phi) is 16.2. The molecule has 0 aromatic rings. The first-order chi connectivity index (χ1) is 11.1. The van der Waals surface area contributed by atoms with Crippen LogP contribution in [0.3, 0.4) is 0 Å². The summed E-state index contributed by atoms with van der Waals surface area (Å²) < 4.78 is 5.57. The maximum absolute atomic E-state index is 11.9. The highest BCUT2D eigenvalue weighted by molar-refractivity contribution is 5.86. The topological polar surface area (TPSA) is 46.5 Å². The van der Waals surface area contributed by atoms with Crippen molar-refractivity contribution in [1.29, 1.82) is 0 Å². The van der Waals surface area contributed by atoms with Crippen molar-refractivity contribution < 1.29 is 14.6 Å². The molecule has 2 unspecified atom stereocenters. The van der Waals surface area contributed by atoms with Crippen molar-refractivity contribution in [1.82, 2.24) is 0 Å². The minimum Gasteiger partial charge on any atom is -0.385 e. The first kappa shape index (κ1) is 22.6. The Balaban J connectivity index is 3.41. The van der Waals surface area contributed by atoms with Gasteiger partial charge in [-0.25, -0.2) is 0 Å². The van der Waals surface area contributed by atoms with E-state index >= 15 is 0 Å². The van der Waals surface area contributed by atoms with Gasteiger partial charge in [-0.1, -0.05) is 84.5 Å². The molecular formula is C20H40O3. The molecule has 2 atom stereocenters. The largest absolute Gasteiger partial charge is 0.385 e. The molecule has 0 aliphatic rings. The number of carbonyl (C=O) groups is 1. The van der Waals surface area contributed by atoms with E-state index in [1.807, 2.05) is 0 Å². The quantitative estimate of drug-likeness (QED) is 0.362. The van der Waals surface area contributed by atoms with E-state index in [1.54, 1.807) is 6.92 Å². The van der Waals surface area contributed by atoms with E-state index in [0.717, 1.165) is 19.3 Å². The lowest BCUT2D eigenvalue weighted by Crippen LogP contribution is -2.32. The van der Waals surface area contributed by atoms with Gasteiger partial charge in [-0.05, 0) is 19.8 Å². The molecule has 3 heteroatoms. The lowest BCUT2D eigenvalue weighted by Gasteiger charge is -2.16. The number of rotatable bonds is 17. The first-order valence-corrected chi connectivity index (χ1v) is 9.96. The lowest BCUT2D eigenvalue weighted by molar-refractivity contribution is -0.138. The third-order valence-electron chi connectivity index (χ3n) is 4.43. The van der Waals surface area contributed by atoms with Crippen LogP contribution in [-0.4, -0.2) is 29.7 Å². The maximum atomic E-state index is 11.9. The first-order valence-electron chi connectivity index (χ1n) is 9.96. The molecular weight excluding hydrogens is 288 g/mol. The second-order valence-electron chi connectivity index (χ2n) is 6.76. The highest BCUT2D eigenvalue weighted by atomic mass is 16.5. The predicted octanol–water partition coefficient (Wildman–Crippen LogP) is 5.43. The van der Waals surface area contributed by atoms with Crippen molar-refractivity contribution in [2.75, 3.05) is 6.61 Å². The number of carbonyl (C=O) groups excluding carboxylic acids is 1. The molecule has 23 heavy (non-hydrogen) atoms. The van der Waals surface area contributed by atoms with E-state index in [4.69, 9.17) is 4.74 Å². The number of hydrogen-bond donors (Lipinski definition) is 1. The van der Waals surface area contributed by atoms with Crippen LogP contribution in [0.25, 0.3) is 0 Å². The van der Waals surface area contributed by atoms with Crippen molar-refractivity contribution in [3.8, 4) is 0 Å². The zero-order valence-corrected chi connectivity index (χ0v) is 15.8. The fraction of sp³-hybridized carbons (Fsp3) is 0.950. The van der Waals surface area contributed by atoms with Crippen molar-refractivity contribution in [3.63, 3.8) is 0 Å². The summed E-state index contributed by atoms with van der Waals surface area (Å²) in [7, 11) is 0. The summed E-state index contributed by atoms with van der Waals surface area (Å²) >= 11 is 0. The third kappa shape index (κ3) is 13.7. The molecule has 0 aromatic heterocycles. The molecule has 1 N–H and O–H groups in total. The number of aliphatic hydroxyl groups excluding tert-OH is 1. The second-order valence-corrected chi connectivity index (χ2v) is 6.76. The smallest absolute Gasteiger partial charge is 0.189 e. The van der Waals surface area contributed by atoms with Crippen LogP contribution in [0.5, 0.6) is 0 Å². The zero-order chi connectivity index (χ0) is 17.3. The maximum Gasteiger partial charge on any atom is 0.189 e. The molecule has 0 saturated carbocycles. The molecule has 0 amide bonds. The molecule has 0 bridgehead atoms. The number of ketones is 1. The molecule has 138 valence electrons. The van der Waals surface area contributed by atoms with Crippen molar-refractivity contribution in [2.24, 2.45) is 0 Å². The Bertz CT molecular complexity index is 266. The highest BCUT2D eigenvalue weighted by Crippen LogP contribution is 2.11. The number of ether oxygens (including phenoxy) is 1. The SMILES string of the molecule is CCCCCCCCCCCCOC(C)C(=O)C(O)CCCC. The third-order valence-corrected chi connectivity index (χ3v) is 4.43. The van der Waals surface area contributed by atoms with Crippen LogP contribution >= 0.6 is 0 Å². The van der Waals surface area contributed by atoms with Gasteiger partial charge in [0.05, 0.1) is 0 Å². The Morgan fingerprint density at radius 3 is 1.83 bits per heavy atom. The average Bonchev–Trinajstić information content (AvgIpc) is 2.56. The summed E-state index contributed by atoms with van der Waals surface area (Å²) in [6.45, 7) is 6.70. The molecule has 0 spiro atoms. The van der Waals surface area contributed by atoms with E-state index in [2.05, 4.69) is 13.8 Å². The van der Waals surface area contributed by atoms with Crippen LogP contribution in [0.15, 0.2) is 0 Å². The van der Waals surface area contributed by atoms with Crippen LogP contribution in [0, 0.1) is 0 Å². The van der Waals surface area contributed by atoms with Crippen molar-refractivity contribution in [3.05, 3.63) is 0 Å². The van der Waals surface area contributed by atoms with Gasteiger partial charge < -0.3 is 9.84 Å². The van der Waals surface area contributed by atoms with Gasteiger partial charge in [0, 0.05) is 6.61 Å². The summed E-state index contributed by atoms with van der Waals surface area (Å²) in [5, 5.41) is 9.77. The second kappa shape index (κ2) is 16.4. The number of hydrogen-bond acceptors (Lipinski definition) is 3. The number of aliphatic hydroxyl groups is 1. The van der Waals surface area contributed by atoms with Crippen molar-refractivity contribution >= 4 is 5.78 Å². The van der Waals surface area contributed by atoms with E-state index in [1.165, 1.54) is 57.8 Å². The number of unbranched alkanes of at least 4 members (excludes halogenated alkanes) is 10. The predicted molar refractivity (Wildman–Crippen MR) is 97.8 cm³/mol. The molecule has 0 rings (SSSR count). The van der Waals surface area contributed by atoms with E-state index in [0.29, 0.717) is 13.0 Å². The molecule has 0 aliphatic carbocycles. The molecule has 3 nitrogen and oxygen atoms in total. The van der Waals surface area contributed by atoms with Gasteiger partial charge in [-0.15, -0.1) is 0 Å². The minimum atomic E-state index is -0.849. The lowest BCUT2D eigenvalue weighted by atomic mass is 10.1. The highest BCUT2D eigenvalue weighted by Gasteiger charge is 2.21. The summed E-state index contributed by atoms with van der Waals surface area (Å²) in [6, 6.07) is 0. The Morgan fingerprint density at radius 2 is 1.30 bits per heavy atom. The minimum absolute atomic E-state index is 0.162. The zero-order valence-electron chi connectivity index (χ0n) is 15.8. The molecule has 0 heterocycles. The van der Waals surface area contributed by atoms with Gasteiger partial charge in [0.1, 0.15) is 12.2 Å². The Labute approximate surface area is 144 Å². The Hall–Kier alpha value is -0.410. The van der Waals surface area contributed by atoms with Crippen LogP contribution in [0.1, 0.15) is 104 Å². The van der Waals surface area contributed by atoms with E-state index in [-0.39, 0.29) is 5.78 Å². The molecule has 0 saturated heterocycles. The van der Waals surface area contributed by atoms with Gasteiger partial charge in [-0.2, -0.15) is 0 Å². The van der Waals surface area contributed by atoms with Gasteiger partial charge in [0.2, 0.25) is 0 Å². The number of Topliss-reactive ketones (excluding diaryl/α,β-unsaturated/α-hetero) is 1. The van der Waals surface area contributed by atoms with Crippen LogP contribution in [0.2, 0.25) is 0 Å². The molecule has 0 radical (unpaired) electrons. The van der Waals surface area contributed by atoms with Gasteiger partial charge in [0.15, 0.2) is 5.78 Å². The standard InChI is InChI=1S/C20H40O3/c1-4-6-8-9-10-11-12-13-14-15-17-23-18(3)20(22)19(21)16-7-5-2/h18-19,21H,4-17H2,1-3H3. The van der Waals surface area contributed by atoms with Crippen LogP contribution < -0.4 is 0 Å². The van der Waals surface area contributed by atoms with Crippen LogP contribution in [-0.2, 0) is 9.53 Å². The fourth-order valence-corrected chi connectivity index (χ4v) is 2.74. The van der Waals surface area contributed by atoms with E-state index in [9.17, 15) is 9.90 Å². The average molecular weight is 329 g/mol. The molecule has 0 fully saturated rings. The Morgan fingerprint density at radius 1 is 0.826 bits per heavy atom. The van der Waals surface area contributed by atoms with Gasteiger partial charge in [0.25, 0.3) is 0 Å². The molecule has 0 aromatic carbocycles. The monoisotopic (exact) mass is 328 g/mol.